The molecule has 2 N–H and O–H groups in total. The van der Waals surface area contributed by atoms with E-state index >= 15 is 0 Å². The molecule has 0 unspecified atom stereocenters. The quantitative estimate of drug-likeness (QED) is 0.580. The maximum atomic E-state index is 12.6. The second kappa shape index (κ2) is 11.0. The third-order valence-corrected chi connectivity index (χ3v) is 2.94. The fraction of sp³-hybridized carbons (Fsp3) is 0.167. The third kappa shape index (κ3) is 8.28. The molecule has 2 aromatic rings. The zero-order chi connectivity index (χ0) is 18.2. The minimum atomic E-state index is -4.43. The number of amides is 1. The maximum Gasteiger partial charge on any atom is 2.00 e. The average molecular weight is 527 g/mol. The van der Waals surface area contributed by atoms with Gasteiger partial charge in [-0.05, 0) is 37.3 Å². The van der Waals surface area contributed by atoms with E-state index in [2.05, 4.69) is 24.6 Å². The van der Waals surface area contributed by atoms with Crippen molar-refractivity contribution in [1.29, 1.82) is 0 Å². The molecule has 7 heteroatoms. The molecule has 0 heterocycles. The van der Waals surface area contributed by atoms with Crippen LogP contribution in [0.2, 0.25) is 0 Å². The second-order valence-electron chi connectivity index (χ2n) is 4.90. The predicted octanol–water partition coefficient (Wildman–Crippen LogP) is 4.47. The Morgan fingerprint density at radius 2 is 1.68 bits per heavy atom. The maximum absolute atomic E-state index is 12.6. The van der Waals surface area contributed by atoms with Crippen LogP contribution in [0, 0.1) is 20.9 Å². The van der Waals surface area contributed by atoms with Gasteiger partial charge in [0.1, 0.15) is 0 Å². The average Bonchev–Trinajstić information content (AvgIpc) is 2.55. The molecule has 0 saturated carbocycles. The van der Waals surface area contributed by atoms with Gasteiger partial charge in [-0.25, -0.2) is 0 Å². The molecular weight excluding hydrogens is 507 g/mol. The fourth-order valence-electron chi connectivity index (χ4n) is 1.68. The monoisotopic (exact) mass is 528 g/mol. The third-order valence-electron chi connectivity index (χ3n) is 2.94. The van der Waals surface area contributed by atoms with Crippen molar-refractivity contribution in [3.63, 3.8) is 0 Å². The largest absolute Gasteiger partial charge is 2.00 e. The Hall–Kier alpha value is -1.70. The normalized spacial score (nSPS) is 10.2. The summed E-state index contributed by atoms with van der Waals surface area (Å²) in [6.07, 6.45) is -4.43. The van der Waals surface area contributed by atoms with Crippen molar-refractivity contribution in [2.45, 2.75) is 13.1 Å². The molecule has 0 bridgehead atoms. The predicted molar refractivity (Wildman–Crippen MR) is 89.3 cm³/mol. The molecule has 3 nitrogen and oxygen atoms in total. The molecule has 2 aromatic carbocycles. The molecule has 0 radical (unpaired) electrons. The molecule has 1 amide bonds. The number of halogens is 3. The Bertz CT molecular complexity index is 656. The first-order valence-corrected chi connectivity index (χ1v) is 7.12. The van der Waals surface area contributed by atoms with Crippen LogP contribution in [0.4, 0.5) is 18.9 Å². The summed E-state index contributed by atoms with van der Waals surface area (Å²) < 4.78 is 37.7. The molecule has 0 aliphatic heterocycles. The van der Waals surface area contributed by atoms with Gasteiger partial charge in [0.05, 0.1) is 5.56 Å². The van der Waals surface area contributed by atoms with E-state index in [9.17, 15) is 18.0 Å². The first-order chi connectivity index (χ1) is 11.3. The number of nitrogens with one attached hydrogen (secondary N) is 2. The van der Waals surface area contributed by atoms with Gasteiger partial charge in [-0.3, -0.25) is 11.8 Å². The first-order valence-electron chi connectivity index (χ1n) is 7.12. The summed E-state index contributed by atoms with van der Waals surface area (Å²) in [5.74, 6) is -0.440. The minimum absolute atomic E-state index is 0. The number of carbonyl (C=O) groups is 1. The van der Waals surface area contributed by atoms with Crippen LogP contribution < -0.4 is 10.6 Å². The van der Waals surface area contributed by atoms with Crippen molar-refractivity contribution in [3.05, 3.63) is 79.2 Å². The van der Waals surface area contributed by atoms with Crippen LogP contribution in [-0.4, -0.2) is 12.5 Å². The Morgan fingerprint density at radius 3 is 2.16 bits per heavy atom. The molecule has 0 aromatic heterocycles. The second-order valence-corrected chi connectivity index (χ2v) is 4.90. The van der Waals surface area contributed by atoms with Crippen molar-refractivity contribution in [3.8, 4) is 0 Å². The molecule has 2 rings (SSSR count). The fourth-order valence-corrected chi connectivity index (χ4v) is 1.68. The number of hydrogen-bond donors (Lipinski definition) is 2. The van der Waals surface area contributed by atoms with Crippen LogP contribution in [0.3, 0.4) is 0 Å². The van der Waals surface area contributed by atoms with Gasteiger partial charge in [0, 0.05) is 11.3 Å². The number of rotatable bonds is 3. The summed E-state index contributed by atoms with van der Waals surface area (Å²) in [6.45, 7) is 6.02. The zero-order valence-electron chi connectivity index (χ0n) is 13.6. The van der Waals surface area contributed by atoms with Gasteiger partial charge >= 0.3 is 26.0 Å². The van der Waals surface area contributed by atoms with E-state index in [0.29, 0.717) is 12.1 Å². The molecular formula is C18H19F3N2OOs. The van der Waals surface area contributed by atoms with Gasteiger partial charge in [-0.2, -0.15) is 19.7 Å². The summed E-state index contributed by atoms with van der Waals surface area (Å²) in [7, 11) is 3.29. The van der Waals surface area contributed by atoms with Crippen molar-refractivity contribution < 1.29 is 37.8 Å². The first kappa shape index (κ1) is 23.3. The Balaban J connectivity index is 0.00000104. The van der Waals surface area contributed by atoms with Crippen molar-refractivity contribution in [2.24, 2.45) is 0 Å². The number of aryl methyl sites for hydroxylation is 1. The van der Waals surface area contributed by atoms with Gasteiger partial charge in [0.15, 0.2) is 0 Å². The molecule has 25 heavy (non-hydrogen) atoms. The van der Waals surface area contributed by atoms with Crippen molar-refractivity contribution in [2.75, 3.05) is 11.9 Å². The summed E-state index contributed by atoms with van der Waals surface area (Å²) in [4.78, 5) is 11.9. The SMILES string of the molecule is Cc1ccc(C(=O)Nc2cccc(C(F)(F)F)c2)cc1.[CH2-]CN[CH2-].[Os+2]. The topological polar surface area (TPSA) is 41.1 Å². The molecule has 0 saturated heterocycles. The standard InChI is InChI=1S/C15H12F3NO.C3H7N.Os/c1-10-5-7-11(8-6-10)14(20)19-13-4-2-3-12(9-13)15(16,17)18;1-3-4-2;/h2-9H,1H3,(H,19,20);4H,1-3H2;/q;-2;+2. The number of hydrogen-bond acceptors (Lipinski definition) is 2. The van der Waals surface area contributed by atoms with E-state index in [0.717, 1.165) is 17.7 Å². The number of alkyl halides is 3. The van der Waals surface area contributed by atoms with E-state index in [1.54, 1.807) is 24.3 Å². The Kier molecular flexibility index (Phi) is 10.3. The van der Waals surface area contributed by atoms with Crippen LogP contribution in [0.25, 0.3) is 0 Å². The van der Waals surface area contributed by atoms with Crippen LogP contribution in [-0.2, 0) is 26.0 Å². The number of anilines is 1. The smallest absolute Gasteiger partial charge is 0.498 e. The molecule has 0 atom stereocenters. The zero-order valence-corrected chi connectivity index (χ0v) is 16.2. The number of carbonyl (C=O) groups excluding carboxylic acids is 1. The van der Waals surface area contributed by atoms with Crippen molar-refractivity contribution in [1.82, 2.24) is 5.32 Å². The molecule has 0 aliphatic rings. The summed E-state index contributed by atoms with van der Waals surface area (Å²) >= 11 is 0. The van der Waals surface area contributed by atoms with Gasteiger partial charge in [0.2, 0.25) is 0 Å². The number of benzene rings is 2. The van der Waals surface area contributed by atoms with Crippen molar-refractivity contribution >= 4 is 11.6 Å². The van der Waals surface area contributed by atoms with Crippen LogP contribution in [0.15, 0.2) is 48.5 Å². The van der Waals surface area contributed by atoms with Gasteiger partial charge in [0.25, 0.3) is 5.91 Å². The molecule has 136 valence electrons. The molecule has 0 aliphatic carbocycles. The van der Waals surface area contributed by atoms with Crippen LogP contribution in [0.1, 0.15) is 21.5 Å². The summed E-state index contributed by atoms with van der Waals surface area (Å²) in [5, 5.41) is 5.02. The van der Waals surface area contributed by atoms with Crippen LogP contribution in [0.5, 0.6) is 0 Å². The van der Waals surface area contributed by atoms with E-state index in [1.807, 2.05) is 6.92 Å². The van der Waals surface area contributed by atoms with E-state index in [4.69, 9.17) is 0 Å². The Morgan fingerprint density at radius 1 is 1.12 bits per heavy atom. The Labute approximate surface area is 159 Å². The van der Waals surface area contributed by atoms with Gasteiger partial charge < -0.3 is 17.6 Å². The molecule has 0 spiro atoms. The minimum Gasteiger partial charge on any atom is -0.498 e. The van der Waals surface area contributed by atoms with Crippen LogP contribution >= 0.6 is 0 Å². The van der Waals surface area contributed by atoms with Gasteiger partial charge in [-0.15, -0.1) is 0 Å². The summed E-state index contributed by atoms with van der Waals surface area (Å²) in [6, 6.07) is 11.3. The van der Waals surface area contributed by atoms with E-state index in [-0.39, 0.29) is 25.5 Å². The van der Waals surface area contributed by atoms with E-state index in [1.165, 1.54) is 12.1 Å². The summed E-state index contributed by atoms with van der Waals surface area (Å²) in [5.41, 5.74) is 0.721. The van der Waals surface area contributed by atoms with E-state index < -0.39 is 17.6 Å². The molecule has 0 fully saturated rings. The van der Waals surface area contributed by atoms with Gasteiger partial charge in [-0.1, -0.05) is 23.8 Å².